The molecule has 0 saturated heterocycles. The summed E-state index contributed by atoms with van der Waals surface area (Å²) in [4.78, 5) is 12.3. The van der Waals surface area contributed by atoms with E-state index in [2.05, 4.69) is 17.3 Å². The van der Waals surface area contributed by atoms with Crippen LogP contribution in [-0.2, 0) is 11.2 Å². The highest BCUT2D eigenvalue weighted by molar-refractivity contribution is 7.99. The number of halogens is 2. The molecular formula is C16H25F2N3OS. The van der Waals surface area contributed by atoms with Crippen molar-refractivity contribution in [2.45, 2.75) is 70.7 Å². The van der Waals surface area contributed by atoms with Gasteiger partial charge in [-0.1, -0.05) is 13.3 Å². The number of thioether (sulfide) groups is 1. The van der Waals surface area contributed by atoms with Crippen LogP contribution in [0, 0.1) is 13.8 Å². The van der Waals surface area contributed by atoms with E-state index in [0.29, 0.717) is 26.9 Å². The number of nitrogens with one attached hydrogen (secondary N) is 1. The third-order valence-corrected chi connectivity index (χ3v) is 5.62. The SMILES string of the molecule is CCSC1CCCC(NC(=O)Cc2c(C)nn(C(F)F)c2C)C1. The van der Waals surface area contributed by atoms with Gasteiger partial charge in [-0.05, 0) is 38.9 Å². The maximum Gasteiger partial charge on any atom is 0.333 e. The number of aryl methyl sites for hydroxylation is 1. The lowest BCUT2D eigenvalue weighted by atomic mass is 9.94. The van der Waals surface area contributed by atoms with Gasteiger partial charge in [-0.2, -0.15) is 25.6 Å². The van der Waals surface area contributed by atoms with Gasteiger partial charge >= 0.3 is 6.55 Å². The van der Waals surface area contributed by atoms with Crippen molar-refractivity contribution in [3.63, 3.8) is 0 Å². The van der Waals surface area contributed by atoms with Crippen molar-refractivity contribution in [1.82, 2.24) is 15.1 Å². The second-order valence-corrected chi connectivity index (χ2v) is 7.63. The number of rotatable bonds is 6. The van der Waals surface area contributed by atoms with Gasteiger partial charge in [0, 0.05) is 22.5 Å². The summed E-state index contributed by atoms with van der Waals surface area (Å²) in [6.45, 7) is 2.74. The topological polar surface area (TPSA) is 46.9 Å². The molecule has 2 unspecified atom stereocenters. The number of aromatic nitrogens is 2. The highest BCUT2D eigenvalue weighted by Gasteiger charge is 2.24. The van der Waals surface area contributed by atoms with Gasteiger partial charge in [0.15, 0.2) is 0 Å². The number of amides is 1. The largest absolute Gasteiger partial charge is 0.353 e. The number of carbonyl (C=O) groups excluding carboxylic acids is 1. The molecule has 7 heteroatoms. The van der Waals surface area contributed by atoms with Crippen LogP contribution in [0.3, 0.4) is 0 Å². The van der Waals surface area contributed by atoms with E-state index in [1.54, 1.807) is 13.8 Å². The average Bonchev–Trinajstić information content (AvgIpc) is 2.76. The molecule has 1 aromatic rings. The van der Waals surface area contributed by atoms with Crippen molar-refractivity contribution >= 4 is 17.7 Å². The number of hydrogen-bond acceptors (Lipinski definition) is 3. The van der Waals surface area contributed by atoms with Crippen LogP contribution in [0.4, 0.5) is 8.78 Å². The molecule has 1 amide bonds. The summed E-state index contributed by atoms with van der Waals surface area (Å²) in [6.07, 6.45) is 4.46. The third-order valence-electron chi connectivity index (χ3n) is 4.39. The molecule has 0 aromatic carbocycles. The first-order valence-electron chi connectivity index (χ1n) is 8.16. The maximum absolute atomic E-state index is 12.8. The lowest BCUT2D eigenvalue weighted by Crippen LogP contribution is -2.40. The Morgan fingerprint density at radius 1 is 1.43 bits per heavy atom. The molecule has 0 spiro atoms. The molecule has 4 nitrogen and oxygen atoms in total. The van der Waals surface area contributed by atoms with Gasteiger partial charge < -0.3 is 5.32 Å². The van der Waals surface area contributed by atoms with E-state index >= 15 is 0 Å². The average molecular weight is 345 g/mol. The van der Waals surface area contributed by atoms with E-state index in [4.69, 9.17) is 0 Å². The molecule has 0 aliphatic heterocycles. The molecule has 1 aliphatic rings. The Morgan fingerprint density at radius 3 is 2.78 bits per heavy atom. The quantitative estimate of drug-likeness (QED) is 0.857. The van der Waals surface area contributed by atoms with Crippen molar-refractivity contribution in [2.75, 3.05) is 5.75 Å². The van der Waals surface area contributed by atoms with Gasteiger partial charge in [0.05, 0.1) is 12.1 Å². The van der Waals surface area contributed by atoms with Crippen LogP contribution >= 0.6 is 11.8 Å². The maximum atomic E-state index is 12.8. The summed E-state index contributed by atoms with van der Waals surface area (Å²) < 4.78 is 26.4. The second-order valence-electron chi connectivity index (χ2n) is 6.06. The fourth-order valence-corrected chi connectivity index (χ4v) is 4.42. The molecule has 130 valence electrons. The second kappa shape index (κ2) is 8.13. The van der Waals surface area contributed by atoms with Crippen LogP contribution in [0.5, 0.6) is 0 Å². The minimum Gasteiger partial charge on any atom is -0.353 e. The van der Waals surface area contributed by atoms with Crippen LogP contribution < -0.4 is 5.32 Å². The van der Waals surface area contributed by atoms with Gasteiger partial charge in [0.1, 0.15) is 0 Å². The summed E-state index contributed by atoms with van der Waals surface area (Å²) in [5, 5.41) is 7.52. The molecule has 1 aromatic heterocycles. The van der Waals surface area contributed by atoms with Crippen LogP contribution in [0.25, 0.3) is 0 Å². The van der Waals surface area contributed by atoms with Crippen LogP contribution in [0.1, 0.15) is 56.1 Å². The van der Waals surface area contributed by atoms with E-state index < -0.39 is 6.55 Å². The molecule has 23 heavy (non-hydrogen) atoms. The molecule has 0 bridgehead atoms. The molecule has 1 fully saturated rings. The zero-order valence-electron chi connectivity index (χ0n) is 13.9. The zero-order chi connectivity index (χ0) is 17.0. The lowest BCUT2D eigenvalue weighted by Gasteiger charge is -2.29. The van der Waals surface area contributed by atoms with Crippen LogP contribution in [0.2, 0.25) is 0 Å². The zero-order valence-corrected chi connectivity index (χ0v) is 14.8. The van der Waals surface area contributed by atoms with Crippen molar-refractivity contribution in [1.29, 1.82) is 0 Å². The Labute approximate surface area is 140 Å². The van der Waals surface area contributed by atoms with Crippen molar-refractivity contribution in [2.24, 2.45) is 0 Å². The molecule has 0 radical (unpaired) electrons. The molecule has 1 N–H and O–H groups in total. The first kappa shape index (κ1) is 18.2. The summed E-state index contributed by atoms with van der Waals surface area (Å²) in [7, 11) is 0. The molecule has 2 atom stereocenters. The number of hydrogen-bond donors (Lipinski definition) is 1. The van der Waals surface area contributed by atoms with Crippen molar-refractivity contribution in [3.05, 3.63) is 17.0 Å². The molecule has 1 saturated carbocycles. The van der Waals surface area contributed by atoms with E-state index in [0.717, 1.165) is 25.0 Å². The molecule has 1 aliphatic carbocycles. The minimum atomic E-state index is -2.67. The summed E-state index contributed by atoms with van der Waals surface area (Å²) in [5.41, 5.74) is 1.48. The Bertz CT molecular complexity index is 546. The third kappa shape index (κ3) is 4.68. The number of alkyl halides is 2. The Hall–Kier alpha value is -1.11. The number of nitrogens with zero attached hydrogens (tertiary/aromatic N) is 2. The lowest BCUT2D eigenvalue weighted by molar-refractivity contribution is -0.121. The van der Waals surface area contributed by atoms with E-state index in [1.807, 2.05) is 11.8 Å². The predicted molar refractivity (Wildman–Crippen MR) is 89.0 cm³/mol. The van der Waals surface area contributed by atoms with Crippen molar-refractivity contribution in [3.8, 4) is 0 Å². The molecule has 1 heterocycles. The fourth-order valence-electron chi connectivity index (χ4n) is 3.25. The molecular weight excluding hydrogens is 320 g/mol. The minimum absolute atomic E-state index is 0.0998. The standard InChI is InChI=1S/C16H25F2N3OS/c1-4-23-13-7-5-6-12(8-13)19-15(22)9-14-10(2)20-21(11(14)3)16(17)18/h12-13,16H,4-9H2,1-3H3,(H,19,22). The van der Waals surface area contributed by atoms with Crippen molar-refractivity contribution < 1.29 is 13.6 Å². The fraction of sp³-hybridized carbons (Fsp3) is 0.750. The van der Waals surface area contributed by atoms with Crippen LogP contribution in [-0.4, -0.2) is 32.7 Å². The van der Waals surface area contributed by atoms with E-state index in [9.17, 15) is 13.6 Å². The Kier molecular flexibility index (Phi) is 6.44. The first-order chi connectivity index (χ1) is 10.9. The summed E-state index contributed by atoms with van der Waals surface area (Å²) in [6, 6.07) is 0.200. The molecule has 2 rings (SSSR count). The summed E-state index contributed by atoms with van der Waals surface area (Å²) >= 11 is 1.95. The van der Waals surface area contributed by atoms with Gasteiger partial charge in [0.2, 0.25) is 5.91 Å². The van der Waals surface area contributed by atoms with Crippen LogP contribution in [0.15, 0.2) is 0 Å². The normalized spacial score (nSPS) is 21.7. The smallest absolute Gasteiger partial charge is 0.333 e. The number of carbonyl (C=O) groups is 1. The Morgan fingerprint density at radius 2 is 2.17 bits per heavy atom. The first-order valence-corrected chi connectivity index (χ1v) is 9.20. The Balaban J connectivity index is 1.95. The summed E-state index contributed by atoms with van der Waals surface area (Å²) in [5.74, 6) is 0.994. The van der Waals surface area contributed by atoms with Gasteiger partial charge in [-0.3, -0.25) is 4.79 Å². The monoisotopic (exact) mass is 345 g/mol. The predicted octanol–water partition coefficient (Wildman–Crippen LogP) is 3.62. The van der Waals surface area contributed by atoms with E-state index in [-0.39, 0.29) is 18.4 Å². The van der Waals surface area contributed by atoms with Gasteiger partial charge in [-0.25, -0.2) is 4.68 Å². The highest BCUT2D eigenvalue weighted by Crippen LogP contribution is 2.28. The van der Waals surface area contributed by atoms with E-state index in [1.165, 1.54) is 6.42 Å². The highest BCUT2D eigenvalue weighted by atomic mass is 32.2. The van der Waals surface area contributed by atoms with Gasteiger partial charge in [-0.15, -0.1) is 0 Å². The van der Waals surface area contributed by atoms with Gasteiger partial charge in [0.25, 0.3) is 0 Å².